The van der Waals surface area contributed by atoms with Gasteiger partial charge in [0.05, 0.1) is 56.9 Å². The van der Waals surface area contributed by atoms with Gasteiger partial charge in [-0.1, -0.05) is 24.3 Å². The van der Waals surface area contributed by atoms with Gasteiger partial charge in [0.1, 0.15) is 0 Å². The SMILES string of the molecule is Cc1cc2c(nc1C)-c1c(C)ccnc1C2.Cc1cc2c(nc1C)-c1cccnc1C2.Cc1ccc2c(n1)Cc1cc(C)c(C)nc1-2.Cc1cnc2c(c1)-c1nc(C)c(C)cc1C2.Cc1nc2c(c(C)c1C)Cc1ncccc1-2. The van der Waals surface area contributed by atoms with Crippen molar-refractivity contribution < 1.29 is 0 Å². The first-order chi connectivity index (χ1) is 37.9. The molecule has 0 atom stereocenters. The van der Waals surface area contributed by atoms with E-state index < -0.39 is 0 Å². The van der Waals surface area contributed by atoms with Gasteiger partial charge in [-0.3, -0.25) is 49.8 Å². The third-order valence-electron chi connectivity index (χ3n) is 16.6. The Balaban J connectivity index is 0.000000104. The third kappa shape index (κ3) is 10.1. The first-order valence-electron chi connectivity index (χ1n) is 27.5. The van der Waals surface area contributed by atoms with Gasteiger partial charge < -0.3 is 0 Å². The summed E-state index contributed by atoms with van der Waals surface area (Å²) in [6.07, 6.45) is 12.2. The van der Waals surface area contributed by atoms with Gasteiger partial charge in [0.2, 0.25) is 0 Å². The minimum atomic E-state index is 0.930. The quantitative estimate of drug-likeness (QED) is 0.145. The second kappa shape index (κ2) is 21.0. The van der Waals surface area contributed by atoms with Crippen molar-refractivity contribution in [2.75, 3.05) is 0 Å². The normalized spacial score (nSPS) is 12.4. The van der Waals surface area contributed by atoms with Crippen LogP contribution in [0, 0.1) is 96.9 Å². The molecule has 0 saturated carbocycles. The summed E-state index contributed by atoms with van der Waals surface area (Å²) in [5.41, 5.74) is 41.1. The number of rotatable bonds is 0. The van der Waals surface area contributed by atoms with Crippen LogP contribution in [0.15, 0.2) is 97.6 Å². The molecule has 10 nitrogen and oxygen atoms in total. The second-order valence-electron chi connectivity index (χ2n) is 22.2. The van der Waals surface area contributed by atoms with Crippen LogP contribution in [-0.4, -0.2) is 49.8 Å². The predicted octanol–water partition coefficient (Wildman–Crippen LogP) is 14.6. The summed E-state index contributed by atoms with van der Waals surface area (Å²) in [7, 11) is 0. The minimum absolute atomic E-state index is 0.930. The molecule has 394 valence electrons. The largest absolute Gasteiger partial charge is 0.260 e. The molecule has 0 N–H and O–H groups in total. The molecule has 0 saturated heterocycles. The summed E-state index contributed by atoms with van der Waals surface area (Å²) in [5, 5.41) is 0. The molecule has 5 aliphatic rings. The lowest BCUT2D eigenvalue weighted by Crippen LogP contribution is -1.97. The molecule has 0 aromatic carbocycles. The summed E-state index contributed by atoms with van der Waals surface area (Å²) in [6, 6.07) is 25.6. The molecule has 0 unspecified atom stereocenters. The Morgan fingerprint density at radius 1 is 0.316 bits per heavy atom. The van der Waals surface area contributed by atoms with Crippen molar-refractivity contribution in [3.8, 4) is 56.3 Å². The summed E-state index contributed by atoms with van der Waals surface area (Å²) in [6.45, 7) is 29.4. The standard InChI is InChI=1S/4C14H14N2.C13H12N2/c1-8-4-12-13(15-7-8)6-11-5-9(2)10(3)16-14(11)12;1-8-6-11-7-13-12(5-4-9(2)15-13)14(11)16-10(8)3;1-8-4-5-15-12-7-11-6-9(2)10(3)16-14(11)13(8)12;1-8-9(2)12-7-13-11(5-4-6-15-13)14(12)16-10(8)3;1-8-6-10-7-12-11(4-3-5-14-12)13(10)15-9(8)2/h4-5,7H,6H2,1-3H3;3*4-6H,7H2,1-3H3;3-6H,7H2,1-2H3. The Morgan fingerprint density at radius 3 is 1.34 bits per heavy atom. The third-order valence-corrected chi connectivity index (χ3v) is 16.6. The summed E-state index contributed by atoms with van der Waals surface area (Å²) in [5.74, 6) is 0. The molecule has 10 aromatic rings. The Morgan fingerprint density at radius 2 is 0.759 bits per heavy atom. The number of aryl methyl sites for hydroxylation is 12. The lowest BCUT2D eigenvalue weighted by atomic mass is 10.0. The summed E-state index contributed by atoms with van der Waals surface area (Å²) in [4.78, 5) is 45.8. The van der Waals surface area contributed by atoms with Crippen LogP contribution in [0.1, 0.15) is 135 Å². The van der Waals surface area contributed by atoms with Gasteiger partial charge >= 0.3 is 0 Å². The van der Waals surface area contributed by atoms with E-state index in [1.165, 1.54) is 112 Å². The van der Waals surface area contributed by atoms with Crippen molar-refractivity contribution in [1.82, 2.24) is 49.8 Å². The average Bonchev–Trinajstić information content (AvgIpc) is 4.36. The second-order valence-corrected chi connectivity index (χ2v) is 22.2. The van der Waals surface area contributed by atoms with Crippen LogP contribution in [0.25, 0.3) is 56.3 Å². The molecule has 15 rings (SSSR count). The molecule has 79 heavy (non-hydrogen) atoms. The fourth-order valence-electron chi connectivity index (χ4n) is 11.4. The first-order valence-corrected chi connectivity index (χ1v) is 27.5. The Labute approximate surface area is 465 Å². The summed E-state index contributed by atoms with van der Waals surface area (Å²) < 4.78 is 0. The van der Waals surface area contributed by atoms with Crippen LogP contribution >= 0.6 is 0 Å². The first kappa shape index (κ1) is 52.5. The number of fused-ring (bicyclic) bond motifs is 15. The van der Waals surface area contributed by atoms with Gasteiger partial charge in [0.25, 0.3) is 0 Å². The zero-order valence-electron chi connectivity index (χ0n) is 48.2. The van der Waals surface area contributed by atoms with E-state index in [9.17, 15) is 0 Å². The summed E-state index contributed by atoms with van der Waals surface area (Å²) >= 11 is 0. The van der Waals surface area contributed by atoms with E-state index in [4.69, 9.17) is 15.0 Å². The van der Waals surface area contributed by atoms with E-state index in [0.29, 0.717) is 0 Å². The molecule has 0 amide bonds. The lowest BCUT2D eigenvalue weighted by Gasteiger charge is -2.09. The van der Waals surface area contributed by atoms with Crippen LogP contribution in [0.3, 0.4) is 0 Å². The molecule has 5 aliphatic carbocycles. The van der Waals surface area contributed by atoms with Crippen LogP contribution in [0.4, 0.5) is 0 Å². The topological polar surface area (TPSA) is 129 Å². The van der Waals surface area contributed by atoms with Crippen molar-refractivity contribution >= 4 is 0 Å². The van der Waals surface area contributed by atoms with E-state index in [-0.39, 0.29) is 0 Å². The molecule has 10 heterocycles. The van der Waals surface area contributed by atoms with E-state index in [1.807, 2.05) is 43.8 Å². The van der Waals surface area contributed by atoms with Crippen molar-refractivity contribution in [3.05, 3.63) is 233 Å². The number of hydrogen-bond acceptors (Lipinski definition) is 10. The Bertz CT molecular complexity index is 4110. The molecule has 0 radical (unpaired) electrons. The smallest absolute Gasteiger partial charge is 0.0762 e. The highest BCUT2D eigenvalue weighted by atomic mass is 14.8. The lowest BCUT2D eigenvalue weighted by molar-refractivity contribution is 1.07. The molecule has 0 bridgehead atoms. The maximum atomic E-state index is 4.72. The van der Waals surface area contributed by atoms with E-state index in [2.05, 4.69) is 186 Å². The van der Waals surface area contributed by atoms with Gasteiger partial charge in [0, 0.05) is 119 Å². The van der Waals surface area contributed by atoms with Crippen molar-refractivity contribution in [1.29, 1.82) is 0 Å². The fourth-order valence-corrected chi connectivity index (χ4v) is 11.4. The maximum Gasteiger partial charge on any atom is 0.0762 e. The molecule has 0 spiro atoms. The molecule has 0 fully saturated rings. The van der Waals surface area contributed by atoms with Crippen LogP contribution in [0.5, 0.6) is 0 Å². The maximum absolute atomic E-state index is 4.72. The van der Waals surface area contributed by atoms with Gasteiger partial charge in [-0.15, -0.1) is 0 Å². The Kier molecular flexibility index (Phi) is 14.0. The Hall–Kier alpha value is -8.50. The zero-order valence-corrected chi connectivity index (χ0v) is 48.2. The highest BCUT2D eigenvalue weighted by Gasteiger charge is 2.27. The van der Waals surface area contributed by atoms with Crippen LogP contribution in [0.2, 0.25) is 0 Å². The van der Waals surface area contributed by atoms with E-state index in [1.54, 1.807) is 0 Å². The van der Waals surface area contributed by atoms with Crippen molar-refractivity contribution in [3.63, 3.8) is 0 Å². The number of nitrogens with zero attached hydrogens (tertiary/aromatic N) is 10. The average molecular weight is 1040 g/mol. The van der Waals surface area contributed by atoms with Crippen LogP contribution < -0.4 is 0 Å². The predicted molar refractivity (Wildman–Crippen MR) is 318 cm³/mol. The molecular formula is C69H68N10. The minimum Gasteiger partial charge on any atom is -0.260 e. The van der Waals surface area contributed by atoms with Gasteiger partial charge in [-0.05, 0) is 218 Å². The van der Waals surface area contributed by atoms with Gasteiger partial charge in [-0.25, -0.2) is 0 Å². The highest BCUT2D eigenvalue weighted by Crippen LogP contribution is 2.40. The van der Waals surface area contributed by atoms with Gasteiger partial charge in [0.15, 0.2) is 0 Å². The van der Waals surface area contributed by atoms with Crippen LogP contribution in [-0.2, 0) is 32.1 Å². The van der Waals surface area contributed by atoms with Crippen molar-refractivity contribution in [2.24, 2.45) is 0 Å². The number of aromatic nitrogens is 10. The molecular weight excluding hydrogens is 969 g/mol. The number of hydrogen-bond donors (Lipinski definition) is 0. The highest BCUT2D eigenvalue weighted by molar-refractivity contribution is 5.77. The van der Waals surface area contributed by atoms with Gasteiger partial charge in [-0.2, -0.15) is 0 Å². The molecule has 10 aromatic heterocycles. The monoisotopic (exact) mass is 1040 g/mol. The zero-order chi connectivity index (χ0) is 55.6. The van der Waals surface area contributed by atoms with E-state index >= 15 is 0 Å². The molecule has 10 heteroatoms. The molecule has 0 aliphatic heterocycles. The fraction of sp³-hybridized carbons (Fsp3) is 0.275. The number of pyridine rings is 10. The van der Waals surface area contributed by atoms with E-state index in [0.717, 1.165) is 112 Å². The van der Waals surface area contributed by atoms with Crippen molar-refractivity contribution in [2.45, 2.75) is 129 Å².